The van der Waals surface area contributed by atoms with E-state index < -0.39 is 6.04 Å². The van der Waals surface area contributed by atoms with Crippen LogP contribution in [0, 0.1) is 5.92 Å². The van der Waals surface area contributed by atoms with Crippen LogP contribution in [0.2, 0.25) is 0 Å². The Kier molecular flexibility index (Phi) is 5.15. The Morgan fingerprint density at radius 3 is 3.00 bits per heavy atom. The number of hydrogen-bond acceptors (Lipinski definition) is 4. The Morgan fingerprint density at radius 2 is 2.32 bits per heavy atom. The number of likely N-dealkylation sites (N-methyl/N-ethyl adjacent to an activating group) is 1. The zero-order valence-electron chi connectivity index (χ0n) is 11.5. The first kappa shape index (κ1) is 14.3. The van der Waals surface area contributed by atoms with Crippen molar-refractivity contribution in [2.75, 3.05) is 39.4 Å². The molecule has 0 aromatic heterocycles. The third-order valence-electron chi connectivity index (χ3n) is 3.71. The second-order valence-electron chi connectivity index (χ2n) is 5.06. The van der Waals surface area contributed by atoms with Crippen molar-refractivity contribution < 1.29 is 14.3 Å². The molecule has 0 aromatic rings. The Hall–Kier alpha value is -1.14. The number of morpholine rings is 1. The first-order valence-corrected chi connectivity index (χ1v) is 7.10. The van der Waals surface area contributed by atoms with Crippen LogP contribution in [0.5, 0.6) is 0 Å². The number of hydrogen-bond donors (Lipinski definition) is 2. The van der Waals surface area contributed by atoms with Crippen molar-refractivity contribution in [2.24, 2.45) is 5.92 Å². The molecule has 1 unspecified atom stereocenters. The van der Waals surface area contributed by atoms with E-state index in [1.54, 1.807) is 4.90 Å². The molecule has 0 spiro atoms. The Labute approximate surface area is 113 Å². The monoisotopic (exact) mass is 269 g/mol. The molecular formula is C13H23N3O3. The van der Waals surface area contributed by atoms with E-state index in [9.17, 15) is 9.59 Å². The van der Waals surface area contributed by atoms with Gasteiger partial charge in [-0.1, -0.05) is 0 Å². The lowest BCUT2D eigenvalue weighted by atomic mass is 9.97. The first-order valence-electron chi connectivity index (χ1n) is 7.10. The van der Waals surface area contributed by atoms with Gasteiger partial charge in [-0.2, -0.15) is 0 Å². The Morgan fingerprint density at radius 1 is 1.47 bits per heavy atom. The van der Waals surface area contributed by atoms with E-state index >= 15 is 0 Å². The molecule has 2 heterocycles. The van der Waals surface area contributed by atoms with Gasteiger partial charge in [0.15, 0.2) is 0 Å². The molecule has 0 saturated carbocycles. The summed E-state index contributed by atoms with van der Waals surface area (Å²) in [5.41, 5.74) is 0. The highest BCUT2D eigenvalue weighted by atomic mass is 16.5. The van der Waals surface area contributed by atoms with Gasteiger partial charge in [0.2, 0.25) is 11.8 Å². The average molecular weight is 269 g/mol. The van der Waals surface area contributed by atoms with Gasteiger partial charge in [0.1, 0.15) is 6.04 Å². The van der Waals surface area contributed by atoms with Crippen LogP contribution in [0.3, 0.4) is 0 Å². The van der Waals surface area contributed by atoms with E-state index in [4.69, 9.17) is 4.74 Å². The maximum atomic E-state index is 12.5. The van der Waals surface area contributed by atoms with Crippen molar-refractivity contribution in [3.05, 3.63) is 0 Å². The van der Waals surface area contributed by atoms with Crippen molar-refractivity contribution in [3.63, 3.8) is 0 Å². The quantitative estimate of drug-likeness (QED) is 0.714. The summed E-state index contributed by atoms with van der Waals surface area (Å²) in [5.74, 6) is -0.0187. The van der Waals surface area contributed by atoms with E-state index in [2.05, 4.69) is 10.6 Å². The fourth-order valence-electron chi connectivity index (χ4n) is 2.67. The summed E-state index contributed by atoms with van der Waals surface area (Å²) in [6.07, 6.45) is 1.93. The van der Waals surface area contributed by atoms with E-state index in [1.165, 1.54) is 0 Å². The summed E-state index contributed by atoms with van der Waals surface area (Å²) in [6, 6.07) is -0.469. The van der Waals surface area contributed by atoms with Crippen molar-refractivity contribution in [3.8, 4) is 0 Å². The standard InChI is InChI=1S/C13H23N3O3/c1-2-15-12(17)11-9-19-7-6-16(11)13(18)10-4-3-5-14-8-10/h10-11,14H,2-9H2,1H3,(H,15,17)/t10-,11?/m1/s1. The fraction of sp³-hybridized carbons (Fsp3) is 0.846. The summed E-state index contributed by atoms with van der Waals surface area (Å²) in [7, 11) is 0. The van der Waals surface area contributed by atoms with E-state index in [-0.39, 0.29) is 17.7 Å². The molecule has 2 amide bonds. The Bertz CT molecular complexity index is 329. The predicted octanol–water partition coefficient (Wildman–Crippen LogP) is -0.650. The van der Waals surface area contributed by atoms with E-state index in [1.807, 2.05) is 6.92 Å². The van der Waals surface area contributed by atoms with Crippen LogP contribution in [0.1, 0.15) is 19.8 Å². The van der Waals surface area contributed by atoms with Crippen LogP contribution >= 0.6 is 0 Å². The lowest BCUT2D eigenvalue weighted by Gasteiger charge is -2.37. The van der Waals surface area contributed by atoms with Crippen LogP contribution in [0.25, 0.3) is 0 Å². The van der Waals surface area contributed by atoms with Gasteiger partial charge >= 0.3 is 0 Å². The average Bonchev–Trinajstić information content (AvgIpc) is 2.47. The van der Waals surface area contributed by atoms with Gasteiger partial charge in [0, 0.05) is 19.6 Å². The molecule has 2 saturated heterocycles. The van der Waals surface area contributed by atoms with Crippen molar-refractivity contribution in [1.82, 2.24) is 15.5 Å². The third-order valence-corrected chi connectivity index (χ3v) is 3.71. The van der Waals surface area contributed by atoms with Gasteiger partial charge in [-0.25, -0.2) is 0 Å². The van der Waals surface area contributed by atoms with Crippen LogP contribution in [0.4, 0.5) is 0 Å². The molecule has 6 heteroatoms. The largest absolute Gasteiger partial charge is 0.377 e. The molecule has 0 aliphatic carbocycles. The first-order chi connectivity index (χ1) is 9.24. The van der Waals surface area contributed by atoms with Crippen LogP contribution < -0.4 is 10.6 Å². The minimum Gasteiger partial charge on any atom is -0.377 e. The third kappa shape index (κ3) is 3.45. The topological polar surface area (TPSA) is 70.7 Å². The molecule has 2 fully saturated rings. The SMILES string of the molecule is CCNC(=O)C1COCCN1C(=O)[C@@H]1CCCNC1. The van der Waals surface area contributed by atoms with Crippen molar-refractivity contribution >= 4 is 11.8 Å². The lowest BCUT2D eigenvalue weighted by molar-refractivity contribution is -0.152. The predicted molar refractivity (Wildman–Crippen MR) is 70.6 cm³/mol. The number of carbonyl (C=O) groups is 2. The summed E-state index contributed by atoms with van der Waals surface area (Å²) in [4.78, 5) is 26.2. The zero-order valence-corrected chi connectivity index (χ0v) is 11.5. The summed E-state index contributed by atoms with van der Waals surface area (Å²) >= 11 is 0. The van der Waals surface area contributed by atoms with Gasteiger partial charge in [-0.05, 0) is 26.3 Å². The maximum Gasteiger partial charge on any atom is 0.245 e. The minimum absolute atomic E-state index is 0.00350. The number of carbonyl (C=O) groups excluding carboxylic acids is 2. The molecule has 0 radical (unpaired) electrons. The summed E-state index contributed by atoms with van der Waals surface area (Å²) in [6.45, 7) is 5.47. The number of nitrogens with zero attached hydrogens (tertiary/aromatic N) is 1. The highest BCUT2D eigenvalue weighted by molar-refractivity contribution is 5.89. The number of piperidine rings is 1. The number of nitrogens with one attached hydrogen (secondary N) is 2. The fourth-order valence-corrected chi connectivity index (χ4v) is 2.67. The lowest BCUT2D eigenvalue weighted by Crippen LogP contribution is -2.58. The van der Waals surface area contributed by atoms with Gasteiger partial charge in [-0.15, -0.1) is 0 Å². The normalized spacial score (nSPS) is 27.9. The molecule has 2 aliphatic heterocycles. The van der Waals surface area contributed by atoms with Gasteiger partial charge in [0.05, 0.1) is 19.1 Å². The van der Waals surface area contributed by atoms with Gasteiger partial charge in [-0.3, -0.25) is 9.59 Å². The Balaban J connectivity index is 2.01. The molecule has 2 rings (SSSR count). The zero-order chi connectivity index (χ0) is 13.7. The molecular weight excluding hydrogens is 246 g/mol. The van der Waals surface area contributed by atoms with E-state index in [0.717, 1.165) is 25.9 Å². The maximum absolute atomic E-state index is 12.5. The highest BCUT2D eigenvalue weighted by Gasteiger charge is 2.36. The number of amides is 2. The molecule has 19 heavy (non-hydrogen) atoms. The summed E-state index contributed by atoms with van der Waals surface area (Å²) in [5, 5.41) is 6.02. The number of ether oxygens (including phenoxy) is 1. The molecule has 2 atom stereocenters. The molecule has 0 aromatic carbocycles. The van der Waals surface area contributed by atoms with Crippen molar-refractivity contribution in [1.29, 1.82) is 0 Å². The summed E-state index contributed by atoms with van der Waals surface area (Å²) < 4.78 is 5.35. The van der Waals surface area contributed by atoms with Gasteiger partial charge in [0.25, 0.3) is 0 Å². The molecule has 2 N–H and O–H groups in total. The molecule has 0 bridgehead atoms. The van der Waals surface area contributed by atoms with Crippen LogP contribution in [0.15, 0.2) is 0 Å². The van der Waals surface area contributed by atoms with Crippen molar-refractivity contribution in [2.45, 2.75) is 25.8 Å². The number of rotatable bonds is 3. The molecule has 108 valence electrons. The second-order valence-corrected chi connectivity index (χ2v) is 5.06. The second kappa shape index (κ2) is 6.86. The highest BCUT2D eigenvalue weighted by Crippen LogP contribution is 2.17. The minimum atomic E-state index is -0.469. The molecule has 6 nitrogen and oxygen atoms in total. The van der Waals surface area contributed by atoms with Crippen LogP contribution in [-0.4, -0.2) is 62.1 Å². The van der Waals surface area contributed by atoms with Gasteiger partial charge < -0.3 is 20.3 Å². The molecule has 2 aliphatic rings. The van der Waals surface area contributed by atoms with E-state index in [0.29, 0.717) is 26.3 Å². The smallest absolute Gasteiger partial charge is 0.245 e. The van der Waals surface area contributed by atoms with Crippen LogP contribution in [-0.2, 0) is 14.3 Å².